The number of Topliss-reactive ketones (excluding diaryl/α,β-unsaturated/α-hetero) is 1. The number of pyridine rings is 1. The van der Waals surface area contributed by atoms with Gasteiger partial charge in [-0.1, -0.05) is 77.2 Å². The fourth-order valence-corrected chi connectivity index (χ4v) is 6.50. The van der Waals surface area contributed by atoms with Crippen LogP contribution in [0.4, 0.5) is 5.13 Å². The van der Waals surface area contributed by atoms with Crippen molar-refractivity contribution in [3.8, 4) is 5.75 Å². The summed E-state index contributed by atoms with van der Waals surface area (Å²) in [4.78, 5) is 32.0. The van der Waals surface area contributed by atoms with Crippen LogP contribution in [0.15, 0.2) is 89.6 Å². The molecule has 1 aliphatic heterocycles. The molecule has 1 N–H and O–H groups in total. The van der Waals surface area contributed by atoms with E-state index in [1.54, 1.807) is 54.6 Å². The van der Waals surface area contributed by atoms with Crippen molar-refractivity contribution in [1.29, 1.82) is 0 Å². The molecule has 1 saturated heterocycles. The number of carbonyl (C=O) groups excluding carboxylic acids is 2. The molecule has 1 fully saturated rings. The van der Waals surface area contributed by atoms with E-state index in [4.69, 9.17) is 27.9 Å². The fourth-order valence-electron chi connectivity index (χ4n) is 4.08. The summed E-state index contributed by atoms with van der Waals surface area (Å²) >= 11 is 14.8. The molecule has 5 rings (SSSR count). The first-order valence-electron chi connectivity index (χ1n) is 11.8. The van der Waals surface area contributed by atoms with Crippen LogP contribution in [-0.2, 0) is 15.3 Å². The summed E-state index contributed by atoms with van der Waals surface area (Å²) in [6.07, 6.45) is 4.59. The zero-order valence-corrected chi connectivity index (χ0v) is 23.8. The number of carbonyl (C=O) groups is 2. The molecular weight excluding hydrogens is 591 g/mol. The van der Waals surface area contributed by atoms with Crippen molar-refractivity contribution in [3.63, 3.8) is 0 Å². The van der Waals surface area contributed by atoms with Crippen LogP contribution in [-0.4, -0.2) is 38.6 Å². The van der Waals surface area contributed by atoms with Crippen LogP contribution in [0.3, 0.4) is 0 Å². The molecule has 1 amide bonds. The average Bonchev–Trinajstić information content (AvgIpc) is 3.53. The monoisotopic (exact) mass is 610 g/mol. The molecule has 202 valence electrons. The highest BCUT2D eigenvalue weighted by molar-refractivity contribution is 8.00. The number of thioether (sulfide) groups is 1. The number of amides is 1. The predicted molar refractivity (Wildman–Crippen MR) is 157 cm³/mol. The first kappa shape index (κ1) is 27.9. The molecule has 0 aliphatic carbocycles. The Balaban J connectivity index is 1.53. The van der Waals surface area contributed by atoms with Gasteiger partial charge in [0.15, 0.2) is 4.34 Å². The molecule has 0 radical (unpaired) electrons. The summed E-state index contributed by atoms with van der Waals surface area (Å²) in [5.41, 5.74) is 1.69. The molecular formula is C28H20Cl2N4O4S2. The van der Waals surface area contributed by atoms with Crippen LogP contribution in [0.1, 0.15) is 22.7 Å². The van der Waals surface area contributed by atoms with Gasteiger partial charge in [-0.05, 0) is 47.5 Å². The van der Waals surface area contributed by atoms with Crippen molar-refractivity contribution >= 4 is 68.9 Å². The van der Waals surface area contributed by atoms with Crippen molar-refractivity contribution in [2.75, 3.05) is 11.5 Å². The Morgan fingerprint density at radius 3 is 2.67 bits per heavy atom. The number of hydrogen-bond acceptors (Lipinski definition) is 9. The Hall–Kier alpha value is -3.70. The summed E-state index contributed by atoms with van der Waals surface area (Å²) in [5.74, 6) is -0.972. The maximum absolute atomic E-state index is 13.4. The zero-order valence-electron chi connectivity index (χ0n) is 20.7. The first-order valence-corrected chi connectivity index (χ1v) is 14.4. The van der Waals surface area contributed by atoms with Crippen molar-refractivity contribution in [2.24, 2.45) is 0 Å². The molecule has 12 heteroatoms. The van der Waals surface area contributed by atoms with Gasteiger partial charge in [0.1, 0.15) is 18.1 Å². The number of ether oxygens (including phenoxy) is 1. The third kappa shape index (κ3) is 5.75. The fraction of sp³-hybridized carbons (Fsp3) is 0.107. The zero-order chi connectivity index (χ0) is 28.2. The molecule has 3 heterocycles. The van der Waals surface area contributed by atoms with Gasteiger partial charge < -0.3 is 9.84 Å². The van der Waals surface area contributed by atoms with Crippen molar-refractivity contribution in [3.05, 3.63) is 112 Å². The van der Waals surface area contributed by atoms with Gasteiger partial charge in [0, 0.05) is 33.8 Å². The van der Waals surface area contributed by atoms with Gasteiger partial charge in [0.2, 0.25) is 5.13 Å². The number of nitrogens with zero attached hydrogens (tertiary/aromatic N) is 4. The van der Waals surface area contributed by atoms with Gasteiger partial charge in [0.25, 0.3) is 5.78 Å². The first-order chi connectivity index (χ1) is 19.4. The number of anilines is 1. The Labute approximate surface area is 247 Å². The van der Waals surface area contributed by atoms with Crippen LogP contribution in [0, 0.1) is 0 Å². The third-order valence-electron chi connectivity index (χ3n) is 5.91. The van der Waals surface area contributed by atoms with E-state index >= 15 is 0 Å². The summed E-state index contributed by atoms with van der Waals surface area (Å²) in [7, 11) is 0. The van der Waals surface area contributed by atoms with Gasteiger partial charge in [-0.3, -0.25) is 19.5 Å². The molecule has 8 nitrogen and oxygen atoms in total. The van der Waals surface area contributed by atoms with Gasteiger partial charge >= 0.3 is 5.91 Å². The molecule has 1 unspecified atom stereocenters. The Morgan fingerprint density at radius 1 is 1.12 bits per heavy atom. The molecule has 40 heavy (non-hydrogen) atoms. The van der Waals surface area contributed by atoms with E-state index in [-0.39, 0.29) is 23.1 Å². The summed E-state index contributed by atoms with van der Waals surface area (Å²) in [6.45, 7) is 3.94. The lowest BCUT2D eigenvalue weighted by molar-refractivity contribution is -0.132. The van der Waals surface area contributed by atoms with Gasteiger partial charge in [-0.15, -0.1) is 10.2 Å². The number of hydrogen-bond donors (Lipinski definition) is 1. The second kappa shape index (κ2) is 12.2. The topological polar surface area (TPSA) is 106 Å². The molecule has 1 atom stereocenters. The third-order valence-corrected chi connectivity index (χ3v) is 8.60. The molecule has 0 saturated carbocycles. The number of aliphatic hydroxyl groups excluding tert-OH is 1. The van der Waals surface area contributed by atoms with E-state index < -0.39 is 17.7 Å². The maximum Gasteiger partial charge on any atom is 0.301 e. The number of aromatic nitrogens is 3. The van der Waals surface area contributed by atoms with Crippen molar-refractivity contribution in [2.45, 2.75) is 16.1 Å². The molecule has 4 aromatic rings. The summed E-state index contributed by atoms with van der Waals surface area (Å²) in [5, 5.41) is 21.0. The standard InChI is InChI=1S/C28H20Cl2N4O4S2/c1-2-12-38-20-5-3-4-17(13-20)23-22(24(35)16-8-10-31-11-9-16)25(36)26(37)34(23)27-32-33-28(40-27)39-15-18-6-7-19(29)14-21(18)30/h2-11,13-14,23,35H,1,12,15H2. The quantitative estimate of drug-likeness (QED) is 0.0555. The van der Waals surface area contributed by atoms with Gasteiger partial charge in [-0.2, -0.15) is 0 Å². The highest BCUT2D eigenvalue weighted by Crippen LogP contribution is 2.44. The largest absolute Gasteiger partial charge is 0.507 e. The number of benzene rings is 2. The average molecular weight is 612 g/mol. The maximum atomic E-state index is 13.4. The Bertz CT molecular complexity index is 1630. The van der Waals surface area contributed by atoms with Crippen LogP contribution in [0.25, 0.3) is 5.76 Å². The number of aliphatic hydroxyl groups is 1. The van der Waals surface area contributed by atoms with Crippen LogP contribution in [0.2, 0.25) is 10.0 Å². The Morgan fingerprint density at radius 2 is 1.93 bits per heavy atom. The van der Waals surface area contributed by atoms with Gasteiger partial charge in [0.05, 0.1) is 11.6 Å². The number of ketones is 1. The lowest BCUT2D eigenvalue weighted by atomic mass is 9.95. The van der Waals surface area contributed by atoms with E-state index in [2.05, 4.69) is 21.8 Å². The molecule has 2 aromatic heterocycles. The predicted octanol–water partition coefficient (Wildman–Crippen LogP) is 6.72. The number of halogens is 2. The summed E-state index contributed by atoms with van der Waals surface area (Å²) < 4.78 is 6.25. The molecule has 0 spiro atoms. The lowest BCUT2D eigenvalue weighted by Crippen LogP contribution is -2.29. The minimum absolute atomic E-state index is 0.0746. The van der Waals surface area contributed by atoms with Crippen LogP contribution >= 0.6 is 46.3 Å². The molecule has 2 aromatic carbocycles. The smallest absolute Gasteiger partial charge is 0.301 e. The van der Waals surface area contributed by atoms with E-state index in [1.807, 2.05) is 6.07 Å². The normalized spacial score (nSPS) is 16.4. The second-order valence-electron chi connectivity index (χ2n) is 8.45. The summed E-state index contributed by atoms with van der Waals surface area (Å²) in [6, 6.07) is 14.4. The van der Waals surface area contributed by atoms with E-state index in [0.717, 1.165) is 16.9 Å². The van der Waals surface area contributed by atoms with Crippen molar-refractivity contribution < 1.29 is 19.4 Å². The van der Waals surface area contributed by atoms with Crippen molar-refractivity contribution in [1.82, 2.24) is 15.2 Å². The minimum atomic E-state index is -0.975. The molecule has 1 aliphatic rings. The van der Waals surface area contributed by atoms with Crippen LogP contribution < -0.4 is 9.64 Å². The highest BCUT2D eigenvalue weighted by atomic mass is 35.5. The highest BCUT2D eigenvalue weighted by Gasteiger charge is 2.48. The van der Waals surface area contributed by atoms with Gasteiger partial charge in [-0.25, -0.2) is 0 Å². The van der Waals surface area contributed by atoms with E-state index in [1.165, 1.54) is 29.1 Å². The SMILES string of the molecule is C=CCOc1cccc(C2C(=C(O)c3ccncc3)C(=O)C(=O)N2c2nnc(SCc3ccc(Cl)cc3Cl)s2)c1. The number of rotatable bonds is 9. The minimum Gasteiger partial charge on any atom is -0.507 e. The molecule has 0 bridgehead atoms. The van der Waals surface area contributed by atoms with Crippen LogP contribution in [0.5, 0.6) is 5.75 Å². The van der Waals surface area contributed by atoms with E-state index in [9.17, 15) is 14.7 Å². The lowest BCUT2D eigenvalue weighted by Gasteiger charge is -2.23. The van der Waals surface area contributed by atoms with E-state index in [0.29, 0.717) is 37.0 Å². The second-order valence-corrected chi connectivity index (χ2v) is 11.5. The Kier molecular flexibility index (Phi) is 8.51.